The van der Waals surface area contributed by atoms with Gasteiger partial charge >= 0.3 is 0 Å². The molecule has 0 saturated heterocycles. The average molecular weight is 361 g/mol. The van der Waals surface area contributed by atoms with E-state index in [4.69, 9.17) is 21.1 Å². The normalized spacial score (nSPS) is 14.5. The molecular formula is C19H21ClN2O3. The fraction of sp³-hybridized carbons (Fsp3) is 0.316. The molecule has 1 saturated carbocycles. The second-order valence-corrected chi connectivity index (χ2v) is 6.37. The van der Waals surface area contributed by atoms with E-state index in [1.165, 1.54) is 0 Å². The van der Waals surface area contributed by atoms with Gasteiger partial charge in [0.1, 0.15) is 17.5 Å². The number of carbonyl (C=O) groups excluding carboxylic acids is 1. The summed E-state index contributed by atoms with van der Waals surface area (Å²) >= 11 is 6.24. The van der Waals surface area contributed by atoms with E-state index in [-0.39, 0.29) is 11.9 Å². The van der Waals surface area contributed by atoms with Gasteiger partial charge in [-0.1, -0.05) is 41.9 Å². The first-order valence-electron chi connectivity index (χ1n) is 8.15. The van der Waals surface area contributed by atoms with Crippen LogP contribution < -0.4 is 20.1 Å². The van der Waals surface area contributed by atoms with Crippen molar-refractivity contribution in [3.63, 3.8) is 0 Å². The Labute approximate surface area is 152 Å². The Kier molecular flexibility index (Phi) is 5.34. The quantitative estimate of drug-likeness (QED) is 0.788. The van der Waals surface area contributed by atoms with E-state index in [9.17, 15) is 4.79 Å². The summed E-state index contributed by atoms with van der Waals surface area (Å²) in [6.45, 7) is 0. The molecule has 0 radical (unpaired) electrons. The van der Waals surface area contributed by atoms with E-state index in [1.807, 2.05) is 30.3 Å². The van der Waals surface area contributed by atoms with E-state index in [0.717, 1.165) is 18.4 Å². The molecule has 132 valence electrons. The molecule has 0 heterocycles. The van der Waals surface area contributed by atoms with Crippen molar-refractivity contribution < 1.29 is 14.3 Å². The van der Waals surface area contributed by atoms with Crippen molar-refractivity contribution in [1.29, 1.82) is 0 Å². The maximum Gasteiger partial charge on any atom is 0.247 e. The van der Waals surface area contributed by atoms with Gasteiger partial charge in [0.05, 0.1) is 24.9 Å². The number of carbonyl (C=O) groups is 1. The largest absolute Gasteiger partial charge is 0.495 e. The molecule has 1 fully saturated rings. The van der Waals surface area contributed by atoms with E-state index in [1.54, 1.807) is 26.4 Å². The van der Waals surface area contributed by atoms with Crippen molar-refractivity contribution in [2.24, 2.45) is 0 Å². The number of anilines is 1. The number of rotatable bonds is 7. The second kappa shape index (κ2) is 7.66. The van der Waals surface area contributed by atoms with Crippen molar-refractivity contribution in [2.45, 2.75) is 24.9 Å². The molecule has 0 aromatic heterocycles. The summed E-state index contributed by atoms with van der Waals surface area (Å²) < 4.78 is 10.6. The molecule has 0 spiro atoms. The Morgan fingerprint density at radius 1 is 1.12 bits per heavy atom. The zero-order valence-electron chi connectivity index (χ0n) is 14.2. The Hall–Kier alpha value is -2.40. The fourth-order valence-electron chi connectivity index (χ4n) is 2.59. The third-order valence-corrected chi connectivity index (χ3v) is 4.39. The fourth-order valence-corrected chi connectivity index (χ4v) is 2.83. The van der Waals surface area contributed by atoms with Crippen molar-refractivity contribution >= 4 is 23.2 Å². The first-order valence-corrected chi connectivity index (χ1v) is 8.53. The maximum atomic E-state index is 12.7. The molecule has 25 heavy (non-hydrogen) atoms. The van der Waals surface area contributed by atoms with Gasteiger partial charge in [-0.05, 0) is 24.5 Å². The van der Waals surface area contributed by atoms with Crippen LogP contribution in [0.1, 0.15) is 24.4 Å². The van der Waals surface area contributed by atoms with Crippen LogP contribution in [0, 0.1) is 0 Å². The lowest BCUT2D eigenvalue weighted by molar-refractivity contribution is -0.122. The zero-order valence-corrected chi connectivity index (χ0v) is 15.0. The Bertz CT molecular complexity index is 748. The number of hydrogen-bond acceptors (Lipinski definition) is 4. The Morgan fingerprint density at radius 3 is 2.40 bits per heavy atom. The standard InChI is InChI=1S/C19H21ClN2O3/c1-24-16-11-17(25-2)15(10-14(16)20)22-18(12-6-4-3-5-7-12)19(23)21-13-8-9-13/h3-7,10-11,13,18,22H,8-9H2,1-2H3,(H,21,23)/t18-/m0/s1. The molecule has 0 unspecified atom stereocenters. The van der Waals surface area contributed by atoms with Gasteiger partial charge in [-0.2, -0.15) is 0 Å². The molecule has 6 heteroatoms. The first kappa shape index (κ1) is 17.4. The molecular weight excluding hydrogens is 340 g/mol. The van der Waals surface area contributed by atoms with Gasteiger partial charge in [-0.25, -0.2) is 0 Å². The van der Waals surface area contributed by atoms with Crippen LogP contribution in [0.15, 0.2) is 42.5 Å². The zero-order chi connectivity index (χ0) is 17.8. The number of methoxy groups -OCH3 is 2. The molecule has 1 atom stereocenters. The summed E-state index contributed by atoms with van der Waals surface area (Å²) in [5.74, 6) is 1.01. The van der Waals surface area contributed by atoms with E-state index in [0.29, 0.717) is 22.2 Å². The molecule has 1 aliphatic carbocycles. The minimum atomic E-state index is -0.542. The molecule has 5 nitrogen and oxygen atoms in total. The summed E-state index contributed by atoms with van der Waals surface area (Å²) in [6, 6.07) is 12.7. The number of ether oxygens (including phenoxy) is 2. The maximum absolute atomic E-state index is 12.7. The number of nitrogens with one attached hydrogen (secondary N) is 2. The van der Waals surface area contributed by atoms with E-state index in [2.05, 4.69) is 10.6 Å². The molecule has 1 amide bonds. The third-order valence-electron chi connectivity index (χ3n) is 4.09. The monoisotopic (exact) mass is 360 g/mol. The summed E-state index contributed by atoms with van der Waals surface area (Å²) in [4.78, 5) is 12.7. The van der Waals surface area contributed by atoms with Crippen molar-refractivity contribution in [3.8, 4) is 11.5 Å². The predicted octanol–water partition coefficient (Wildman–Crippen LogP) is 3.79. The molecule has 2 aromatic carbocycles. The number of halogens is 1. The summed E-state index contributed by atoms with van der Waals surface area (Å²) in [7, 11) is 3.11. The molecule has 2 aromatic rings. The number of benzene rings is 2. The van der Waals surface area contributed by atoms with Crippen LogP contribution >= 0.6 is 11.6 Å². The smallest absolute Gasteiger partial charge is 0.247 e. The minimum Gasteiger partial charge on any atom is -0.495 e. The van der Waals surface area contributed by atoms with Crippen LogP contribution in [0.3, 0.4) is 0 Å². The van der Waals surface area contributed by atoms with E-state index < -0.39 is 6.04 Å². The lowest BCUT2D eigenvalue weighted by Gasteiger charge is -2.22. The van der Waals surface area contributed by atoms with Crippen LogP contribution in [-0.4, -0.2) is 26.2 Å². The highest BCUT2D eigenvalue weighted by Gasteiger charge is 2.29. The van der Waals surface area contributed by atoms with Crippen LogP contribution in [0.4, 0.5) is 5.69 Å². The minimum absolute atomic E-state index is 0.0670. The van der Waals surface area contributed by atoms with Gasteiger partial charge in [-0.15, -0.1) is 0 Å². The molecule has 0 bridgehead atoms. The van der Waals surface area contributed by atoms with Gasteiger partial charge in [0, 0.05) is 12.1 Å². The van der Waals surface area contributed by atoms with Gasteiger partial charge in [-0.3, -0.25) is 4.79 Å². The summed E-state index contributed by atoms with van der Waals surface area (Å²) in [6.07, 6.45) is 2.07. The molecule has 1 aliphatic rings. The lowest BCUT2D eigenvalue weighted by Crippen LogP contribution is -2.34. The third kappa shape index (κ3) is 4.17. The predicted molar refractivity (Wildman–Crippen MR) is 98.5 cm³/mol. The number of hydrogen-bond donors (Lipinski definition) is 2. The highest BCUT2D eigenvalue weighted by molar-refractivity contribution is 6.32. The van der Waals surface area contributed by atoms with Crippen LogP contribution in [0.2, 0.25) is 5.02 Å². The van der Waals surface area contributed by atoms with Crippen LogP contribution in [0.25, 0.3) is 0 Å². The van der Waals surface area contributed by atoms with Gasteiger partial charge < -0.3 is 20.1 Å². The topological polar surface area (TPSA) is 59.6 Å². The SMILES string of the molecule is COc1cc(OC)c(N[C@H](C(=O)NC2CC2)c2ccccc2)cc1Cl. The lowest BCUT2D eigenvalue weighted by atomic mass is 10.1. The van der Waals surface area contributed by atoms with Crippen LogP contribution in [-0.2, 0) is 4.79 Å². The van der Waals surface area contributed by atoms with Gasteiger partial charge in [0.2, 0.25) is 5.91 Å². The average Bonchev–Trinajstić information content (AvgIpc) is 3.44. The number of amides is 1. The van der Waals surface area contributed by atoms with E-state index >= 15 is 0 Å². The molecule has 0 aliphatic heterocycles. The highest BCUT2D eigenvalue weighted by atomic mass is 35.5. The van der Waals surface area contributed by atoms with Gasteiger partial charge in [0.25, 0.3) is 0 Å². The van der Waals surface area contributed by atoms with Crippen molar-refractivity contribution in [3.05, 3.63) is 53.1 Å². The first-order chi connectivity index (χ1) is 12.1. The molecule has 2 N–H and O–H groups in total. The summed E-state index contributed by atoms with van der Waals surface area (Å²) in [5.41, 5.74) is 1.50. The van der Waals surface area contributed by atoms with Crippen molar-refractivity contribution in [1.82, 2.24) is 5.32 Å². The summed E-state index contributed by atoms with van der Waals surface area (Å²) in [5, 5.41) is 6.75. The second-order valence-electron chi connectivity index (χ2n) is 5.96. The Balaban J connectivity index is 1.91. The Morgan fingerprint density at radius 2 is 1.80 bits per heavy atom. The van der Waals surface area contributed by atoms with Crippen molar-refractivity contribution in [2.75, 3.05) is 19.5 Å². The molecule has 3 rings (SSSR count). The van der Waals surface area contributed by atoms with Gasteiger partial charge in [0.15, 0.2) is 0 Å². The highest BCUT2D eigenvalue weighted by Crippen LogP contribution is 2.37. The van der Waals surface area contributed by atoms with Crippen LogP contribution in [0.5, 0.6) is 11.5 Å².